The maximum atomic E-state index is 11.8. The fourth-order valence-corrected chi connectivity index (χ4v) is 2.56. The van der Waals surface area contributed by atoms with Gasteiger partial charge < -0.3 is 16.0 Å². The molecular formula is C18H36IN5O. The number of rotatable bonds is 7. The molecule has 0 radical (unpaired) electrons. The zero-order valence-corrected chi connectivity index (χ0v) is 18.6. The molecule has 1 amide bonds. The van der Waals surface area contributed by atoms with Gasteiger partial charge in [0.25, 0.3) is 0 Å². The van der Waals surface area contributed by atoms with Crippen LogP contribution in [-0.2, 0) is 4.79 Å². The minimum Gasteiger partial charge on any atom is -0.357 e. The average molecular weight is 465 g/mol. The molecule has 0 saturated carbocycles. The van der Waals surface area contributed by atoms with Crippen molar-refractivity contribution in [1.29, 1.82) is 0 Å². The fourth-order valence-electron chi connectivity index (χ4n) is 2.56. The van der Waals surface area contributed by atoms with E-state index in [0.717, 1.165) is 45.0 Å². The summed E-state index contributed by atoms with van der Waals surface area (Å²) < 4.78 is 0. The van der Waals surface area contributed by atoms with Crippen LogP contribution in [0.2, 0.25) is 0 Å². The number of likely N-dealkylation sites (tertiary alicyclic amines) is 1. The monoisotopic (exact) mass is 465 g/mol. The van der Waals surface area contributed by atoms with Gasteiger partial charge in [-0.3, -0.25) is 14.7 Å². The second-order valence-electron chi connectivity index (χ2n) is 7.27. The van der Waals surface area contributed by atoms with Crippen LogP contribution in [-0.4, -0.2) is 62.1 Å². The molecule has 6 nitrogen and oxygen atoms in total. The highest BCUT2D eigenvalue weighted by molar-refractivity contribution is 14.0. The van der Waals surface area contributed by atoms with Gasteiger partial charge >= 0.3 is 0 Å². The molecule has 0 aromatic carbocycles. The molecule has 7 heteroatoms. The molecule has 1 rings (SSSR count). The highest BCUT2D eigenvalue weighted by atomic mass is 127. The highest BCUT2D eigenvalue weighted by Gasteiger charge is 2.20. The first-order chi connectivity index (χ1) is 11.4. The van der Waals surface area contributed by atoms with Crippen molar-refractivity contribution >= 4 is 35.8 Å². The predicted molar refractivity (Wildman–Crippen MR) is 117 cm³/mol. The van der Waals surface area contributed by atoms with Crippen molar-refractivity contribution in [3.05, 3.63) is 12.7 Å². The molecular weight excluding hydrogens is 429 g/mol. The SMILES string of the molecule is C=CCN1CCC(NC(=NCCNC(=O)C(C)(C)C)NCC)CC1.I. The fraction of sp³-hybridized carbons (Fsp3) is 0.778. The van der Waals surface area contributed by atoms with Crippen LogP contribution in [0.1, 0.15) is 40.5 Å². The minimum absolute atomic E-state index is 0. The van der Waals surface area contributed by atoms with E-state index in [1.807, 2.05) is 26.8 Å². The molecule has 0 spiro atoms. The Labute approximate surface area is 170 Å². The van der Waals surface area contributed by atoms with Gasteiger partial charge in [0, 0.05) is 44.2 Å². The van der Waals surface area contributed by atoms with E-state index < -0.39 is 0 Å². The number of halogens is 1. The van der Waals surface area contributed by atoms with Gasteiger partial charge in [0.2, 0.25) is 5.91 Å². The summed E-state index contributed by atoms with van der Waals surface area (Å²) in [4.78, 5) is 18.8. The Hall–Kier alpha value is -0.830. The van der Waals surface area contributed by atoms with Gasteiger partial charge in [-0.15, -0.1) is 30.6 Å². The van der Waals surface area contributed by atoms with Crippen molar-refractivity contribution in [3.8, 4) is 0 Å². The quantitative estimate of drug-likeness (QED) is 0.177. The number of hydrogen-bond acceptors (Lipinski definition) is 3. The van der Waals surface area contributed by atoms with Gasteiger partial charge in [-0.1, -0.05) is 26.8 Å². The molecule has 0 unspecified atom stereocenters. The minimum atomic E-state index is -0.355. The predicted octanol–water partition coefficient (Wildman–Crippen LogP) is 1.97. The third-order valence-corrected chi connectivity index (χ3v) is 4.01. The first kappa shape index (κ1) is 24.2. The number of hydrogen-bond donors (Lipinski definition) is 3. The second kappa shape index (κ2) is 12.5. The van der Waals surface area contributed by atoms with Crippen molar-refractivity contribution in [2.45, 2.75) is 46.6 Å². The van der Waals surface area contributed by atoms with E-state index >= 15 is 0 Å². The number of carbonyl (C=O) groups excluding carboxylic acids is 1. The van der Waals surface area contributed by atoms with Gasteiger partial charge in [0.05, 0.1) is 6.54 Å². The molecule has 1 fully saturated rings. The highest BCUT2D eigenvalue weighted by Crippen LogP contribution is 2.12. The van der Waals surface area contributed by atoms with Crippen LogP contribution in [0, 0.1) is 5.41 Å². The van der Waals surface area contributed by atoms with Crippen LogP contribution >= 0.6 is 24.0 Å². The van der Waals surface area contributed by atoms with Gasteiger partial charge in [0.1, 0.15) is 0 Å². The van der Waals surface area contributed by atoms with Crippen molar-refractivity contribution in [1.82, 2.24) is 20.9 Å². The lowest BCUT2D eigenvalue weighted by Crippen LogP contribution is -2.49. The molecule has 25 heavy (non-hydrogen) atoms. The molecule has 3 N–H and O–H groups in total. The van der Waals surface area contributed by atoms with Crippen LogP contribution in [0.3, 0.4) is 0 Å². The lowest BCUT2D eigenvalue weighted by Gasteiger charge is -2.32. The van der Waals surface area contributed by atoms with Crippen molar-refractivity contribution in [2.75, 3.05) is 39.3 Å². The Balaban J connectivity index is 0.00000576. The number of amides is 1. The maximum Gasteiger partial charge on any atom is 0.225 e. The molecule has 1 heterocycles. The molecule has 1 aliphatic heterocycles. The second-order valence-corrected chi connectivity index (χ2v) is 7.27. The maximum absolute atomic E-state index is 11.8. The smallest absolute Gasteiger partial charge is 0.225 e. The van der Waals surface area contributed by atoms with Crippen LogP contribution in [0.25, 0.3) is 0 Å². The summed E-state index contributed by atoms with van der Waals surface area (Å²) in [6.07, 6.45) is 4.18. The first-order valence-electron chi connectivity index (χ1n) is 9.03. The molecule has 0 aromatic rings. The Bertz CT molecular complexity index is 426. The lowest BCUT2D eigenvalue weighted by molar-refractivity contribution is -0.128. The summed E-state index contributed by atoms with van der Waals surface area (Å²) >= 11 is 0. The Kier molecular flexibility index (Phi) is 12.1. The number of carbonyl (C=O) groups is 1. The van der Waals surface area contributed by atoms with Gasteiger partial charge in [-0.05, 0) is 19.8 Å². The average Bonchev–Trinajstić information content (AvgIpc) is 2.52. The zero-order chi connectivity index (χ0) is 18.0. The summed E-state index contributed by atoms with van der Waals surface area (Å²) in [5.41, 5.74) is -0.355. The molecule has 1 saturated heterocycles. The van der Waals surface area contributed by atoms with E-state index in [4.69, 9.17) is 0 Å². The van der Waals surface area contributed by atoms with Crippen LogP contribution < -0.4 is 16.0 Å². The van der Waals surface area contributed by atoms with E-state index in [0.29, 0.717) is 19.1 Å². The lowest BCUT2D eigenvalue weighted by atomic mass is 9.96. The molecule has 0 aliphatic carbocycles. The topological polar surface area (TPSA) is 68.8 Å². The summed E-state index contributed by atoms with van der Waals surface area (Å²) in [5, 5.41) is 9.72. The van der Waals surface area contributed by atoms with Crippen LogP contribution in [0.15, 0.2) is 17.6 Å². The normalized spacial score (nSPS) is 16.7. The van der Waals surface area contributed by atoms with Crippen molar-refractivity contribution in [2.24, 2.45) is 10.4 Å². The van der Waals surface area contributed by atoms with E-state index in [1.54, 1.807) is 0 Å². The number of nitrogens with zero attached hydrogens (tertiary/aromatic N) is 2. The summed E-state index contributed by atoms with van der Waals surface area (Å²) in [6.45, 7) is 16.7. The van der Waals surface area contributed by atoms with Gasteiger partial charge in [-0.25, -0.2) is 0 Å². The Morgan fingerprint density at radius 1 is 1.28 bits per heavy atom. The number of nitrogens with one attached hydrogen (secondary N) is 3. The van der Waals surface area contributed by atoms with Crippen LogP contribution in [0.4, 0.5) is 0 Å². The third-order valence-electron chi connectivity index (χ3n) is 4.01. The summed E-state index contributed by atoms with van der Waals surface area (Å²) in [6, 6.07) is 0.452. The summed E-state index contributed by atoms with van der Waals surface area (Å²) in [5.74, 6) is 0.898. The van der Waals surface area contributed by atoms with Gasteiger partial charge in [-0.2, -0.15) is 0 Å². The van der Waals surface area contributed by atoms with E-state index in [1.165, 1.54) is 0 Å². The van der Waals surface area contributed by atoms with Crippen molar-refractivity contribution < 1.29 is 4.79 Å². The van der Waals surface area contributed by atoms with E-state index in [2.05, 4.69) is 39.3 Å². The number of guanidine groups is 1. The van der Waals surface area contributed by atoms with Crippen molar-refractivity contribution in [3.63, 3.8) is 0 Å². The zero-order valence-electron chi connectivity index (χ0n) is 16.2. The first-order valence-corrected chi connectivity index (χ1v) is 9.03. The van der Waals surface area contributed by atoms with Crippen LogP contribution in [0.5, 0.6) is 0 Å². The standard InChI is InChI=1S/C18H35N5O.HI/c1-6-12-23-13-8-15(9-14-23)22-17(19-7-2)21-11-10-20-16(24)18(3,4)5;/h6,15H,1,7-14H2,2-5H3,(H,20,24)(H2,19,21,22);1H. The Morgan fingerprint density at radius 2 is 1.92 bits per heavy atom. The molecule has 0 bridgehead atoms. The third kappa shape index (κ3) is 10.0. The molecule has 0 aromatic heterocycles. The molecule has 1 aliphatic rings. The molecule has 0 atom stereocenters. The van der Waals surface area contributed by atoms with Gasteiger partial charge in [0.15, 0.2) is 5.96 Å². The number of aliphatic imine (C=N–C) groups is 1. The number of piperidine rings is 1. The van der Waals surface area contributed by atoms with E-state index in [-0.39, 0.29) is 35.3 Å². The Morgan fingerprint density at radius 3 is 2.44 bits per heavy atom. The molecule has 146 valence electrons. The van der Waals surface area contributed by atoms with E-state index in [9.17, 15) is 4.79 Å². The largest absolute Gasteiger partial charge is 0.357 e. The summed E-state index contributed by atoms with van der Waals surface area (Å²) in [7, 11) is 0.